The van der Waals surface area contributed by atoms with E-state index in [2.05, 4.69) is 106 Å². The Bertz CT molecular complexity index is 3190. The van der Waals surface area contributed by atoms with Crippen LogP contribution in [0.4, 0.5) is 0 Å². The van der Waals surface area contributed by atoms with Crippen molar-refractivity contribution in [3.63, 3.8) is 0 Å². The summed E-state index contributed by atoms with van der Waals surface area (Å²) in [5.41, 5.74) is 9.55. The zero-order valence-corrected chi connectivity index (χ0v) is 25.5. The van der Waals surface area contributed by atoms with Crippen LogP contribution in [0.3, 0.4) is 0 Å². The van der Waals surface area contributed by atoms with Crippen LogP contribution in [0, 0.1) is 11.3 Å². The standard InChI is InChI=1S/C43H23N5/c44-24-25-10-9-13-28(20-25)40-43(46-35-17-6-5-16-34(35)45-40)48-38-22-27-12-2-1-11-26(27)21-31(38)33-23-32-29-14-3-7-18-36(29)47-37-19-8-4-15-30(37)39(41(32)47)42(33)48/h1-23H. The maximum atomic E-state index is 9.85. The van der Waals surface area contributed by atoms with Gasteiger partial charge in [-0.3, -0.25) is 4.57 Å². The third-order valence-corrected chi connectivity index (χ3v) is 9.99. The zero-order chi connectivity index (χ0) is 31.5. The summed E-state index contributed by atoms with van der Waals surface area (Å²) in [6.07, 6.45) is 0. The summed E-state index contributed by atoms with van der Waals surface area (Å²) >= 11 is 0. The second kappa shape index (κ2) is 9.16. The van der Waals surface area contributed by atoms with E-state index in [0.717, 1.165) is 49.9 Å². The number of nitriles is 1. The van der Waals surface area contributed by atoms with E-state index >= 15 is 0 Å². The first-order valence-corrected chi connectivity index (χ1v) is 16.1. The van der Waals surface area contributed by atoms with E-state index in [0.29, 0.717) is 5.56 Å². The molecule has 4 aromatic heterocycles. The molecule has 0 aliphatic heterocycles. The van der Waals surface area contributed by atoms with Gasteiger partial charge in [-0.15, -0.1) is 0 Å². The molecule has 0 amide bonds. The summed E-state index contributed by atoms with van der Waals surface area (Å²) in [5.74, 6) is 0.738. The van der Waals surface area contributed by atoms with Gasteiger partial charge in [0.2, 0.25) is 0 Å². The molecule has 0 unspecified atom stereocenters. The predicted molar refractivity (Wildman–Crippen MR) is 196 cm³/mol. The molecule has 48 heavy (non-hydrogen) atoms. The third kappa shape index (κ3) is 3.23. The summed E-state index contributed by atoms with van der Waals surface area (Å²) in [5, 5.41) is 19.4. The summed E-state index contributed by atoms with van der Waals surface area (Å²) in [7, 11) is 0. The normalized spacial score (nSPS) is 12.1. The van der Waals surface area contributed by atoms with E-state index < -0.39 is 0 Å². The molecule has 11 rings (SSSR count). The van der Waals surface area contributed by atoms with E-state index in [1.807, 2.05) is 48.5 Å². The van der Waals surface area contributed by atoms with E-state index in [4.69, 9.17) is 9.97 Å². The van der Waals surface area contributed by atoms with Gasteiger partial charge in [0.1, 0.15) is 5.69 Å². The molecule has 0 N–H and O–H groups in total. The molecule has 0 aliphatic rings. The highest BCUT2D eigenvalue weighted by molar-refractivity contribution is 6.34. The van der Waals surface area contributed by atoms with Gasteiger partial charge in [0.05, 0.1) is 50.2 Å². The molecule has 4 heterocycles. The number of rotatable bonds is 2. The SMILES string of the molecule is N#Cc1cccc(-c2nc3ccccc3nc2-n2c3cc4ccccc4cc3c3cc4c5ccccc5n5c6ccccc6c(c32)c45)c1. The van der Waals surface area contributed by atoms with E-state index in [1.165, 1.54) is 48.9 Å². The van der Waals surface area contributed by atoms with Crippen molar-refractivity contribution in [2.75, 3.05) is 0 Å². The molecule has 0 saturated heterocycles. The van der Waals surface area contributed by atoms with Crippen molar-refractivity contribution in [3.05, 3.63) is 145 Å². The molecule has 0 bridgehead atoms. The average molecular weight is 610 g/mol. The highest BCUT2D eigenvalue weighted by Gasteiger charge is 2.26. The highest BCUT2D eigenvalue weighted by atomic mass is 15.1. The van der Waals surface area contributed by atoms with Crippen molar-refractivity contribution in [2.24, 2.45) is 0 Å². The molecule has 0 aliphatic carbocycles. The molecule has 11 aromatic rings. The fraction of sp³-hybridized carbons (Fsp3) is 0. The lowest BCUT2D eigenvalue weighted by Gasteiger charge is -2.15. The quantitative estimate of drug-likeness (QED) is 0.196. The van der Waals surface area contributed by atoms with E-state index in [9.17, 15) is 5.26 Å². The van der Waals surface area contributed by atoms with Gasteiger partial charge >= 0.3 is 0 Å². The molecule has 5 heteroatoms. The molecule has 220 valence electrons. The van der Waals surface area contributed by atoms with Gasteiger partial charge in [-0.05, 0) is 65.4 Å². The molecule has 5 nitrogen and oxygen atoms in total. The van der Waals surface area contributed by atoms with Crippen LogP contribution in [-0.4, -0.2) is 18.9 Å². The van der Waals surface area contributed by atoms with Crippen LogP contribution in [0.5, 0.6) is 0 Å². The van der Waals surface area contributed by atoms with Crippen molar-refractivity contribution in [1.82, 2.24) is 18.9 Å². The molecular formula is C43H23N5. The van der Waals surface area contributed by atoms with Gasteiger partial charge in [-0.1, -0.05) is 84.9 Å². The second-order valence-corrected chi connectivity index (χ2v) is 12.5. The van der Waals surface area contributed by atoms with Crippen LogP contribution in [0.1, 0.15) is 5.56 Å². The maximum Gasteiger partial charge on any atom is 0.165 e. The minimum atomic E-state index is 0.584. The lowest BCUT2D eigenvalue weighted by atomic mass is 10.0. The number of aromatic nitrogens is 4. The Hall–Kier alpha value is -6.77. The molecule has 0 radical (unpaired) electrons. The van der Waals surface area contributed by atoms with Gasteiger partial charge in [0.25, 0.3) is 0 Å². The Morgan fingerprint density at radius 1 is 0.500 bits per heavy atom. The van der Waals surface area contributed by atoms with Crippen molar-refractivity contribution in [1.29, 1.82) is 5.26 Å². The van der Waals surface area contributed by atoms with Crippen LogP contribution in [0.15, 0.2) is 140 Å². The van der Waals surface area contributed by atoms with Gasteiger partial charge in [-0.25, -0.2) is 9.97 Å². The van der Waals surface area contributed by atoms with Crippen LogP contribution in [0.2, 0.25) is 0 Å². The Balaban J connectivity index is 1.44. The zero-order valence-electron chi connectivity index (χ0n) is 25.5. The van der Waals surface area contributed by atoms with Crippen LogP contribution in [0.25, 0.3) is 98.8 Å². The maximum absolute atomic E-state index is 9.85. The summed E-state index contributed by atoms with van der Waals surface area (Å²) in [6, 6.07) is 51.0. The number of para-hydroxylation sites is 4. The molecule has 0 saturated carbocycles. The highest BCUT2D eigenvalue weighted by Crippen LogP contribution is 2.47. The minimum Gasteiger partial charge on any atom is -0.308 e. The molecular weight excluding hydrogens is 587 g/mol. The Morgan fingerprint density at radius 3 is 1.98 bits per heavy atom. The van der Waals surface area contributed by atoms with Gasteiger partial charge in [0.15, 0.2) is 5.82 Å². The predicted octanol–water partition coefficient (Wildman–Crippen LogP) is 10.6. The van der Waals surface area contributed by atoms with Gasteiger partial charge in [0, 0.05) is 37.9 Å². The topological polar surface area (TPSA) is 58.9 Å². The van der Waals surface area contributed by atoms with Crippen molar-refractivity contribution < 1.29 is 0 Å². The molecule has 7 aromatic carbocycles. The first-order valence-electron chi connectivity index (χ1n) is 16.1. The van der Waals surface area contributed by atoms with Crippen molar-refractivity contribution in [2.45, 2.75) is 0 Å². The fourth-order valence-electron chi connectivity index (χ4n) is 7.99. The van der Waals surface area contributed by atoms with Crippen LogP contribution in [-0.2, 0) is 0 Å². The molecule has 0 fully saturated rings. The van der Waals surface area contributed by atoms with Gasteiger partial charge in [-0.2, -0.15) is 5.26 Å². The summed E-state index contributed by atoms with van der Waals surface area (Å²) in [6.45, 7) is 0. The summed E-state index contributed by atoms with van der Waals surface area (Å²) in [4.78, 5) is 10.7. The second-order valence-electron chi connectivity index (χ2n) is 12.5. The van der Waals surface area contributed by atoms with E-state index in [-0.39, 0.29) is 0 Å². The van der Waals surface area contributed by atoms with Crippen LogP contribution < -0.4 is 0 Å². The van der Waals surface area contributed by atoms with Crippen LogP contribution >= 0.6 is 0 Å². The average Bonchev–Trinajstić information content (AvgIpc) is 3.77. The molecule has 0 atom stereocenters. The van der Waals surface area contributed by atoms with E-state index in [1.54, 1.807) is 0 Å². The first-order chi connectivity index (χ1) is 23.8. The molecule has 0 spiro atoms. The number of benzene rings is 7. The minimum absolute atomic E-state index is 0.584. The van der Waals surface area contributed by atoms with Crippen molar-refractivity contribution in [3.8, 4) is 23.1 Å². The smallest absolute Gasteiger partial charge is 0.165 e. The fourth-order valence-corrected chi connectivity index (χ4v) is 7.99. The Kier molecular flexibility index (Phi) is 4.85. The van der Waals surface area contributed by atoms with Gasteiger partial charge < -0.3 is 4.40 Å². The number of hydrogen-bond acceptors (Lipinski definition) is 3. The summed E-state index contributed by atoms with van der Waals surface area (Å²) < 4.78 is 4.76. The van der Waals surface area contributed by atoms with Crippen molar-refractivity contribution >= 4 is 81.7 Å². The number of fused-ring (bicyclic) bond motifs is 12. The number of hydrogen-bond donors (Lipinski definition) is 0. The Labute approximate surface area is 273 Å². The third-order valence-electron chi connectivity index (χ3n) is 9.99. The monoisotopic (exact) mass is 609 g/mol. The largest absolute Gasteiger partial charge is 0.308 e. The number of nitrogens with zero attached hydrogens (tertiary/aromatic N) is 5. The lowest BCUT2D eigenvalue weighted by molar-refractivity contribution is 1.08. The first kappa shape index (κ1) is 25.4. The lowest BCUT2D eigenvalue weighted by Crippen LogP contribution is -2.04. The Morgan fingerprint density at radius 2 is 1.17 bits per heavy atom.